The Bertz CT molecular complexity index is 1020. The molecule has 4 heterocycles. The van der Waals surface area contributed by atoms with Crippen LogP contribution in [0.2, 0.25) is 0 Å². The van der Waals surface area contributed by atoms with E-state index in [1.807, 2.05) is 18.5 Å². The zero-order chi connectivity index (χ0) is 19.3. The van der Waals surface area contributed by atoms with Gasteiger partial charge in [0.15, 0.2) is 0 Å². The minimum Gasteiger partial charge on any atom is -0.494 e. The number of H-pyrrole nitrogens is 1. The summed E-state index contributed by atoms with van der Waals surface area (Å²) in [7, 11) is 3.96. The second-order valence-corrected chi connectivity index (χ2v) is 8.07. The molecule has 146 valence electrons. The lowest BCUT2D eigenvalue weighted by Crippen LogP contribution is -2.55. The fraction of sp³-hybridized carbons (Fsp3) is 0.455. The lowest BCUT2D eigenvalue weighted by atomic mass is 9.79. The van der Waals surface area contributed by atoms with Crippen LogP contribution in [0.25, 0.3) is 10.9 Å². The van der Waals surface area contributed by atoms with E-state index in [-0.39, 0.29) is 5.54 Å². The van der Waals surface area contributed by atoms with E-state index in [1.54, 1.807) is 7.11 Å². The molecule has 0 atom stereocenters. The zero-order valence-corrected chi connectivity index (χ0v) is 16.8. The Morgan fingerprint density at radius 2 is 2.00 bits per heavy atom. The van der Waals surface area contributed by atoms with Gasteiger partial charge in [-0.2, -0.15) is 0 Å². The Balaban J connectivity index is 1.47. The molecule has 3 aromatic rings. The number of hydrogen-bond acceptors (Lipinski definition) is 5. The topological polar surface area (TPSA) is 57.3 Å². The van der Waals surface area contributed by atoms with Gasteiger partial charge < -0.3 is 14.6 Å². The summed E-state index contributed by atoms with van der Waals surface area (Å²) in [6, 6.07) is 8.34. The molecular weight excluding hydrogens is 350 g/mol. The van der Waals surface area contributed by atoms with E-state index in [2.05, 4.69) is 40.9 Å². The standard InChI is InChI=1S/C22H27N5O/c1-15-13-19(25-20-16(15)5-4-6-18(20)28-3)27-11-8-22(9-12-27)21-17(23-14-24-21)7-10-26(22)2/h4-6,13-14H,7-12H2,1-3H3,(H,23,24). The smallest absolute Gasteiger partial charge is 0.145 e. The van der Waals surface area contributed by atoms with E-state index >= 15 is 0 Å². The highest BCUT2D eigenvalue weighted by Crippen LogP contribution is 2.42. The third-order valence-electron chi connectivity index (χ3n) is 6.72. The van der Waals surface area contributed by atoms with Crippen molar-refractivity contribution in [1.82, 2.24) is 19.9 Å². The number of benzene rings is 1. The molecule has 6 heteroatoms. The molecule has 0 aliphatic carbocycles. The van der Waals surface area contributed by atoms with Crippen molar-refractivity contribution in [3.63, 3.8) is 0 Å². The highest BCUT2D eigenvalue weighted by molar-refractivity contribution is 5.88. The monoisotopic (exact) mass is 377 g/mol. The summed E-state index contributed by atoms with van der Waals surface area (Å²) in [5, 5.41) is 1.16. The average molecular weight is 377 g/mol. The number of nitrogens with zero attached hydrogens (tertiary/aromatic N) is 4. The van der Waals surface area contributed by atoms with E-state index in [0.29, 0.717) is 0 Å². The van der Waals surface area contributed by atoms with Crippen LogP contribution in [-0.2, 0) is 12.0 Å². The Kier molecular flexibility index (Phi) is 4.05. The summed E-state index contributed by atoms with van der Waals surface area (Å²) in [6.07, 6.45) is 5.04. The number of aromatic nitrogens is 3. The number of imidazole rings is 1. The number of pyridine rings is 1. The van der Waals surface area contributed by atoms with E-state index < -0.39 is 0 Å². The second kappa shape index (κ2) is 6.48. The molecule has 0 saturated carbocycles. The maximum atomic E-state index is 5.56. The molecule has 1 fully saturated rings. The minimum absolute atomic E-state index is 0.0493. The fourth-order valence-corrected chi connectivity index (χ4v) is 5.01. The van der Waals surface area contributed by atoms with Gasteiger partial charge in [0, 0.05) is 37.1 Å². The van der Waals surface area contributed by atoms with Gasteiger partial charge in [-0.05, 0) is 44.5 Å². The molecule has 0 amide bonds. The molecule has 5 rings (SSSR count). The number of piperidine rings is 1. The van der Waals surface area contributed by atoms with Gasteiger partial charge in [0.2, 0.25) is 0 Å². The normalized spacial score (nSPS) is 19.2. The van der Waals surface area contributed by atoms with Crippen LogP contribution in [0, 0.1) is 6.92 Å². The van der Waals surface area contributed by atoms with Gasteiger partial charge in [-0.25, -0.2) is 9.97 Å². The summed E-state index contributed by atoms with van der Waals surface area (Å²) < 4.78 is 5.56. The van der Waals surface area contributed by atoms with Gasteiger partial charge in [0.1, 0.15) is 17.1 Å². The van der Waals surface area contributed by atoms with Crippen LogP contribution in [0.5, 0.6) is 5.75 Å². The number of aromatic amines is 1. The lowest BCUT2D eigenvalue weighted by Gasteiger charge is -2.49. The van der Waals surface area contributed by atoms with Gasteiger partial charge in [-0.3, -0.25) is 4.90 Å². The molecule has 2 aliphatic rings. The first-order chi connectivity index (χ1) is 13.6. The van der Waals surface area contributed by atoms with Crippen LogP contribution in [0.3, 0.4) is 0 Å². The number of para-hydroxylation sites is 1. The number of rotatable bonds is 2. The molecular formula is C22H27N5O. The van der Waals surface area contributed by atoms with Gasteiger partial charge in [-0.1, -0.05) is 12.1 Å². The van der Waals surface area contributed by atoms with Crippen molar-refractivity contribution in [3.05, 3.63) is 47.5 Å². The molecule has 0 bridgehead atoms. The Hall–Kier alpha value is -2.60. The van der Waals surface area contributed by atoms with E-state index in [1.165, 1.54) is 17.0 Å². The first kappa shape index (κ1) is 17.5. The minimum atomic E-state index is 0.0493. The van der Waals surface area contributed by atoms with Crippen molar-refractivity contribution in [2.24, 2.45) is 0 Å². The molecule has 6 nitrogen and oxygen atoms in total. The third-order valence-corrected chi connectivity index (χ3v) is 6.72. The Morgan fingerprint density at radius 1 is 1.18 bits per heavy atom. The number of anilines is 1. The van der Waals surface area contributed by atoms with Crippen molar-refractivity contribution in [3.8, 4) is 5.75 Å². The lowest BCUT2D eigenvalue weighted by molar-refractivity contribution is 0.0712. The summed E-state index contributed by atoms with van der Waals surface area (Å²) in [5.74, 6) is 1.88. The van der Waals surface area contributed by atoms with Crippen molar-refractivity contribution in [1.29, 1.82) is 0 Å². The van der Waals surface area contributed by atoms with E-state index in [0.717, 1.165) is 61.4 Å². The summed E-state index contributed by atoms with van der Waals surface area (Å²) >= 11 is 0. The maximum absolute atomic E-state index is 5.56. The number of fused-ring (bicyclic) bond motifs is 3. The number of aryl methyl sites for hydroxylation is 1. The van der Waals surface area contributed by atoms with Crippen LogP contribution in [0.1, 0.15) is 29.8 Å². The molecule has 2 aromatic heterocycles. The highest BCUT2D eigenvalue weighted by atomic mass is 16.5. The summed E-state index contributed by atoms with van der Waals surface area (Å²) in [5.41, 5.74) is 4.81. The predicted molar refractivity (Wildman–Crippen MR) is 111 cm³/mol. The van der Waals surface area contributed by atoms with Crippen LogP contribution < -0.4 is 9.64 Å². The summed E-state index contributed by atoms with van der Waals surface area (Å²) in [4.78, 5) is 18.0. The average Bonchev–Trinajstić information content (AvgIpc) is 3.21. The molecule has 1 spiro atoms. The number of methoxy groups -OCH3 is 1. The predicted octanol–water partition coefficient (Wildman–Crippen LogP) is 3.26. The second-order valence-electron chi connectivity index (χ2n) is 8.07. The third kappa shape index (κ3) is 2.51. The quantitative estimate of drug-likeness (QED) is 0.743. The molecule has 0 unspecified atom stereocenters. The Morgan fingerprint density at radius 3 is 2.79 bits per heavy atom. The van der Waals surface area contributed by atoms with Crippen LogP contribution in [0.15, 0.2) is 30.6 Å². The molecule has 1 N–H and O–H groups in total. The van der Waals surface area contributed by atoms with Crippen LogP contribution >= 0.6 is 0 Å². The number of ether oxygens (including phenoxy) is 1. The zero-order valence-electron chi connectivity index (χ0n) is 16.8. The SMILES string of the molecule is COc1cccc2c(C)cc(N3CCC4(CC3)c3nc[nH]c3CCN4C)nc12. The number of nitrogens with one attached hydrogen (secondary N) is 1. The van der Waals surface area contributed by atoms with Crippen molar-refractivity contribution in [2.75, 3.05) is 38.7 Å². The van der Waals surface area contributed by atoms with Gasteiger partial charge >= 0.3 is 0 Å². The van der Waals surface area contributed by atoms with E-state index in [9.17, 15) is 0 Å². The van der Waals surface area contributed by atoms with Crippen molar-refractivity contribution >= 4 is 16.7 Å². The fourth-order valence-electron chi connectivity index (χ4n) is 5.01. The molecule has 0 radical (unpaired) electrons. The number of likely N-dealkylation sites (N-methyl/N-ethyl adjacent to an activating group) is 1. The van der Waals surface area contributed by atoms with Crippen molar-refractivity contribution in [2.45, 2.75) is 31.7 Å². The van der Waals surface area contributed by atoms with Gasteiger partial charge in [0.25, 0.3) is 0 Å². The Labute approximate surface area is 165 Å². The summed E-state index contributed by atoms with van der Waals surface area (Å²) in [6.45, 7) is 5.19. The molecule has 28 heavy (non-hydrogen) atoms. The van der Waals surface area contributed by atoms with Gasteiger partial charge in [-0.15, -0.1) is 0 Å². The van der Waals surface area contributed by atoms with E-state index in [4.69, 9.17) is 14.7 Å². The molecule has 1 aromatic carbocycles. The van der Waals surface area contributed by atoms with Crippen LogP contribution in [0.4, 0.5) is 5.82 Å². The van der Waals surface area contributed by atoms with Crippen LogP contribution in [-0.4, -0.2) is 53.6 Å². The van der Waals surface area contributed by atoms with Crippen molar-refractivity contribution < 1.29 is 4.74 Å². The van der Waals surface area contributed by atoms with Gasteiger partial charge in [0.05, 0.1) is 24.7 Å². The first-order valence-electron chi connectivity index (χ1n) is 10.1. The largest absolute Gasteiger partial charge is 0.494 e. The highest BCUT2D eigenvalue weighted by Gasteiger charge is 2.45. The molecule has 1 saturated heterocycles. The first-order valence-corrected chi connectivity index (χ1v) is 10.1. The maximum Gasteiger partial charge on any atom is 0.145 e. The number of hydrogen-bond donors (Lipinski definition) is 1. The molecule has 2 aliphatic heterocycles.